The van der Waals surface area contributed by atoms with Crippen LogP contribution in [0.5, 0.6) is 0 Å². The Kier molecular flexibility index (Phi) is 5.30. The Morgan fingerprint density at radius 1 is 1.33 bits per heavy atom. The van der Waals surface area contributed by atoms with Crippen LogP contribution in [0, 0.1) is 6.92 Å². The van der Waals surface area contributed by atoms with E-state index in [0.29, 0.717) is 17.0 Å². The van der Waals surface area contributed by atoms with Gasteiger partial charge in [0.15, 0.2) is 5.76 Å². The van der Waals surface area contributed by atoms with E-state index < -0.39 is 0 Å². The molecule has 0 atom stereocenters. The highest BCUT2D eigenvalue weighted by atomic mass is 16.5. The fourth-order valence-electron chi connectivity index (χ4n) is 1.76. The summed E-state index contributed by atoms with van der Waals surface area (Å²) in [6.07, 6.45) is 0. The summed E-state index contributed by atoms with van der Waals surface area (Å²) in [7, 11) is 0. The second-order valence-electron chi connectivity index (χ2n) is 4.40. The van der Waals surface area contributed by atoms with Gasteiger partial charge < -0.3 is 19.6 Å². The molecule has 0 saturated carbocycles. The van der Waals surface area contributed by atoms with Gasteiger partial charge in [0.2, 0.25) is 0 Å². The summed E-state index contributed by atoms with van der Waals surface area (Å²) in [4.78, 5) is 13.7. The fourth-order valence-corrected chi connectivity index (χ4v) is 1.76. The zero-order valence-electron chi connectivity index (χ0n) is 11.0. The van der Waals surface area contributed by atoms with E-state index >= 15 is 0 Å². The highest BCUT2D eigenvalue weighted by molar-refractivity contribution is 5.96. The van der Waals surface area contributed by atoms with Gasteiger partial charge in [-0.05, 0) is 6.92 Å². The van der Waals surface area contributed by atoms with E-state index in [1.807, 2.05) is 13.8 Å². The van der Waals surface area contributed by atoms with Gasteiger partial charge in [-0.2, -0.15) is 0 Å². The third kappa shape index (κ3) is 3.08. The van der Waals surface area contributed by atoms with Gasteiger partial charge in [-0.15, -0.1) is 0 Å². The number of carbonyl (C=O) groups is 1. The van der Waals surface area contributed by atoms with Crippen LogP contribution in [0.3, 0.4) is 0 Å². The number of aliphatic hydroxyl groups excluding tert-OH is 2. The molecule has 6 heteroatoms. The number of hydrogen-bond donors (Lipinski definition) is 2. The molecule has 0 radical (unpaired) electrons. The maximum atomic E-state index is 12.3. The molecule has 6 nitrogen and oxygen atoms in total. The SMILES string of the molecule is Cc1noc(C(C)C)c1C(=O)N(CCO)CCO. The number of aryl methyl sites for hydroxylation is 1. The normalized spacial score (nSPS) is 11.0. The lowest BCUT2D eigenvalue weighted by Gasteiger charge is -2.20. The number of carbonyl (C=O) groups excluding carboxylic acids is 1. The number of aromatic nitrogens is 1. The first-order valence-corrected chi connectivity index (χ1v) is 6.00. The number of rotatable bonds is 6. The molecule has 2 N–H and O–H groups in total. The minimum Gasteiger partial charge on any atom is -0.395 e. The first-order valence-electron chi connectivity index (χ1n) is 6.00. The minimum absolute atomic E-state index is 0.0512. The van der Waals surface area contributed by atoms with Crippen LogP contribution < -0.4 is 0 Å². The molecule has 0 aliphatic rings. The van der Waals surface area contributed by atoms with Crippen molar-refractivity contribution >= 4 is 5.91 Å². The third-order valence-electron chi connectivity index (χ3n) is 2.65. The summed E-state index contributed by atoms with van der Waals surface area (Å²) < 4.78 is 5.16. The summed E-state index contributed by atoms with van der Waals surface area (Å²) in [6.45, 7) is 5.61. The monoisotopic (exact) mass is 256 g/mol. The Morgan fingerprint density at radius 3 is 2.33 bits per heavy atom. The van der Waals surface area contributed by atoms with Gasteiger partial charge in [0.25, 0.3) is 5.91 Å². The summed E-state index contributed by atoms with van der Waals surface area (Å²) >= 11 is 0. The van der Waals surface area contributed by atoms with Crippen LogP contribution in [0.25, 0.3) is 0 Å². The average Bonchev–Trinajstić information content (AvgIpc) is 2.70. The van der Waals surface area contributed by atoms with Crippen molar-refractivity contribution in [3.05, 3.63) is 17.0 Å². The summed E-state index contributed by atoms with van der Waals surface area (Å²) in [6, 6.07) is 0. The second-order valence-corrected chi connectivity index (χ2v) is 4.40. The third-order valence-corrected chi connectivity index (χ3v) is 2.65. The molecule has 1 amide bonds. The van der Waals surface area contributed by atoms with Crippen molar-refractivity contribution in [3.63, 3.8) is 0 Å². The van der Waals surface area contributed by atoms with Crippen LogP contribution in [-0.4, -0.2) is 52.5 Å². The van der Waals surface area contributed by atoms with Crippen molar-refractivity contribution in [2.75, 3.05) is 26.3 Å². The van der Waals surface area contributed by atoms with E-state index in [1.165, 1.54) is 4.90 Å². The smallest absolute Gasteiger partial charge is 0.259 e. The van der Waals surface area contributed by atoms with Gasteiger partial charge in [-0.3, -0.25) is 4.79 Å². The lowest BCUT2D eigenvalue weighted by atomic mass is 10.0. The van der Waals surface area contributed by atoms with Crippen molar-refractivity contribution in [2.24, 2.45) is 0 Å². The number of amides is 1. The van der Waals surface area contributed by atoms with Crippen LogP contribution >= 0.6 is 0 Å². The first kappa shape index (κ1) is 14.7. The Labute approximate surface area is 106 Å². The molecule has 1 aromatic heterocycles. The molecule has 0 fully saturated rings. The van der Waals surface area contributed by atoms with E-state index in [9.17, 15) is 4.79 Å². The van der Waals surface area contributed by atoms with Gasteiger partial charge in [0.1, 0.15) is 5.56 Å². The molecule has 0 aliphatic heterocycles. The maximum absolute atomic E-state index is 12.3. The first-order chi connectivity index (χ1) is 8.52. The summed E-state index contributed by atoms with van der Waals surface area (Å²) in [5, 5.41) is 21.7. The lowest BCUT2D eigenvalue weighted by Crippen LogP contribution is -2.36. The quantitative estimate of drug-likeness (QED) is 0.775. The summed E-state index contributed by atoms with van der Waals surface area (Å²) in [5.41, 5.74) is 0.969. The molecule has 18 heavy (non-hydrogen) atoms. The second kappa shape index (κ2) is 6.51. The predicted molar refractivity (Wildman–Crippen MR) is 65.4 cm³/mol. The molecule has 102 valence electrons. The van der Waals surface area contributed by atoms with Crippen molar-refractivity contribution < 1.29 is 19.5 Å². The van der Waals surface area contributed by atoms with Crippen LogP contribution in [0.1, 0.15) is 41.6 Å². The molecule has 1 heterocycles. The van der Waals surface area contributed by atoms with Crippen LogP contribution in [-0.2, 0) is 0 Å². The molecule has 0 aromatic carbocycles. The fraction of sp³-hybridized carbons (Fsp3) is 0.667. The number of hydrogen-bond acceptors (Lipinski definition) is 5. The zero-order chi connectivity index (χ0) is 13.7. The van der Waals surface area contributed by atoms with Crippen LogP contribution in [0.2, 0.25) is 0 Å². The topological polar surface area (TPSA) is 86.8 Å². The maximum Gasteiger partial charge on any atom is 0.259 e. The Morgan fingerprint density at radius 2 is 1.89 bits per heavy atom. The molecular formula is C12H20N2O4. The molecule has 0 unspecified atom stereocenters. The van der Waals surface area contributed by atoms with E-state index in [1.54, 1.807) is 6.92 Å². The van der Waals surface area contributed by atoms with Crippen LogP contribution in [0.4, 0.5) is 0 Å². The average molecular weight is 256 g/mol. The van der Waals surface area contributed by atoms with Crippen LogP contribution in [0.15, 0.2) is 4.52 Å². The minimum atomic E-state index is -0.263. The van der Waals surface area contributed by atoms with Gasteiger partial charge in [0.05, 0.1) is 18.9 Å². The highest BCUT2D eigenvalue weighted by Gasteiger charge is 2.26. The van der Waals surface area contributed by atoms with E-state index in [0.717, 1.165) is 0 Å². The lowest BCUT2D eigenvalue weighted by molar-refractivity contribution is 0.0681. The Bertz CT molecular complexity index is 395. The number of aliphatic hydroxyl groups is 2. The van der Waals surface area contributed by atoms with Crippen molar-refractivity contribution in [1.29, 1.82) is 0 Å². The Balaban J connectivity index is 3.03. The molecule has 0 spiro atoms. The molecule has 1 rings (SSSR count). The van der Waals surface area contributed by atoms with Gasteiger partial charge >= 0.3 is 0 Å². The van der Waals surface area contributed by atoms with Gasteiger partial charge in [-0.25, -0.2) is 0 Å². The van der Waals surface area contributed by atoms with E-state index in [-0.39, 0.29) is 38.1 Å². The number of nitrogens with zero attached hydrogens (tertiary/aromatic N) is 2. The van der Waals surface area contributed by atoms with Crippen molar-refractivity contribution in [3.8, 4) is 0 Å². The molecule has 0 saturated heterocycles. The Hall–Kier alpha value is -1.40. The standard InChI is InChI=1S/C12H20N2O4/c1-8(2)11-10(9(3)13-18-11)12(17)14(4-6-15)5-7-16/h8,15-16H,4-7H2,1-3H3. The molecular weight excluding hydrogens is 236 g/mol. The van der Waals surface area contributed by atoms with Crippen molar-refractivity contribution in [1.82, 2.24) is 10.1 Å². The molecule has 0 bridgehead atoms. The highest BCUT2D eigenvalue weighted by Crippen LogP contribution is 2.23. The molecule has 0 aliphatic carbocycles. The largest absolute Gasteiger partial charge is 0.395 e. The molecule has 1 aromatic rings. The van der Waals surface area contributed by atoms with E-state index in [4.69, 9.17) is 14.7 Å². The zero-order valence-corrected chi connectivity index (χ0v) is 11.0. The van der Waals surface area contributed by atoms with Crippen molar-refractivity contribution in [2.45, 2.75) is 26.7 Å². The predicted octanol–water partition coefficient (Wildman–Crippen LogP) is 0.533. The van der Waals surface area contributed by atoms with Gasteiger partial charge in [-0.1, -0.05) is 19.0 Å². The summed E-state index contributed by atoms with van der Waals surface area (Å²) in [5.74, 6) is 0.328. The van der Waals surface area contributed by atoms with Gasteiger partial charge in [0, 0.05) is 19.0 Å². The van der Waals surface area contributed by atoms with E-state index in [2.05, 4.69) is 5.16 Å².